The van der Waals surface area contributed by atoms with Crippen LogP contribution in [0.1, 0.15) is 5.56 Å². The van der Waals surface area contributed by atoms with E-state index in [4.69, 9.17) is 34.8 Å². The molecule has 0 amide bonds. The van der Waals surface area contributed by atoms with Crippen LogP contribution in [0.15, 0.2) is 59.5 Å². The molecule has 0 bridgehead atoms. The summed E-state index contributed by atoms with van der Waals surface area (Å²) < 4.78 is 21.0. The maximum absolute atomic E-state index is 11.6. The zero-order chi connectivity index (χ0) is 16.1. The van der Waals surface area contributed by atoms with E-state index in [0.717, 1.165) is 0 Å². The topological polar surface area (TPSA) is 34.1 Å². The van der Waals surface area contributed by atoms with E-state index >= 15 is 0 Å². The van der Waals surface area contributed by atoms with Gasteiger partial charge in [0.2, 0.25) is 9.84 Å². The predicted octanol–water partition coefficient (Wildman–Crippen LogP) is 5.13. The first-order valence-corrected chi connectivity index (χ1v) is 8.83. The highest BCUT2D eigenvalue weighted by Gasteiger charge is 2.37. The Kier molecular flexibility index (Phi) is 6.88. The van der Waals surface area contributed by atoms with Crippen molar-refractivity contribution in [1.29, 1.82) is 0 Å². The zero-order valence-electron chi connectivity index (χ0n) is 11.0. The lowest BCUT2D eigenvalue weighted by molar-refractivity contribution is 0.597. The summed E-state index contributed by atoms with van der Waals surface area (Å²) in [6.07, 6.45) is 0. The molecule has 0 aliphatic rings. The molecule has 0 aliphatic carbocycles. The molecule has 0 N–H and O–H groups in total. The van der Waals surface area contributed by atoms with Crippen LogP contribution in [0.2, 0.25) is 5.02 Å². The van der Waals surface area contributed by atoms with Crippen molar-refractivity contribution in [3.8, 4) is 0 Å². The van der Waals surface area contributed by atoms with Crippen molar-refractivity contribution >= 4 is 57.3 Å². The molecule has 7 heteroatoms. The standard InChI is InChI=1S/C7H5Cl3O2S2.C7H8/c8-5-1-3-6(4-2-5)14(11,12)7(9,10)13;1-7-5-3-2-4-6-7/h1-4,13H;2-6H,1H3. The highest BCUT2D eigenvalue weighted by Crippen LogP contribution is 2.37. The van der Waals surface area contributed by atoms with Gasteiger partial charge in [0.1, 0.15) is 0 Å². The number of benzene rings is 2. The maximum atomic E-state index is 11.6. The van der Waals surface area contributed by atoms with Crippen LogP contribution in [0.3, 0.4) is 0 Å². The third-order valence-corrected chi connectivity index (χ3v) is 6.12. The van der Waals surface area contributed by atoms with Crippen LogP contribution < -0.4 is 0 Å². The summed E-state index contributed by atoms with van der Waals surface area (Å²) in [6, 6.07) is 15.8. The molecule has 0 atom stereocenters. The molecule has 0 aromatic heterocycles. The Labute approximate surface area is 145 Å². The molecular weight excluding hydrogens is 371 g/mol. The van der Waals surface area contributed by atoms with E-state index in [1.54, 1.807) is 0 Å². The molecule has 2 nitrogen and oxygen atoms in total. The van der Waals surface area contributed by atoms with Gasteiger partial charge in [-0.1, -0.05) is 70.7 Å². The van der Waals surface area contributed by atoms with Crippen LogP contribution >= 0.6 is 47.4 Å². The van der Waals surface area contributed by atoms with E-state index in [2.05, 4.69) is 31.7 Å². The molecule has 21 heavy (non-hydrogen) atoms. The summed E-state index contributed by atoms with van der Waals surface area (Å²) in [5.74, 6) is 0. The number of aryl methyl sites for hydroxylation is 1. The van der Waals surface area contributed by atoms with Crippen molar-refractivity contribution in [3.63, 3.8) is 0 Å². The van der Waals surface area contributed by atoms with Crippen molar-refractivity contribution < 1.29 is 8.42 Å². The number of thiol groups is 1. The molecule has 0 saturated carbocycles. The average Bonchev–Trinajstić information content (AvgIpc) is 2.39. The Balaban J connectivity index is 0.000000262. The minimum Gasteiger partial charge on any atom is -0.220 e. The first-order valence-electron chi connectivity index (χ1n) is 5.76. The monoisotopic (exact) mass is 382 g/mol. The molecule has 0 aliphatic heterocycles. The summed E-state index contributed by atoms with van der Waals surface area (Å²) in [6.45, 7) is 2.08. The van der Waals surface area contributed by atoms with E-state index in [9.17, 15) is 8.42 Å². The molecule has 0 heterocycles. The van der Waals surface area contributed by atoms with E-state index in [0.29, 0.717) is 5.02 Å². The highest BCUT2D eigenvalue weighted by atomic mass is 35.5. The van der Waals surface area contributed by atoms with Gasteiger partial charge in [0, 0.05) is 5.02 Å². The molecule has 2 aromatic rings. The molecule has 2 aromatic carbocycles. The summed E-state index contributed by atoms with van der Waals surface area (Å²) in [5, 5.41) is 0.429. The number of alkyl halides is 2. The number of sulfone groups is 1. The smallest absolute Gasteiger partial charge is 0.220 e. The van der Waals surface area contributed by atoms with E-state index in [-0.39, 0.29) is 4.90 Å². The SMILES string of the molecule is Cc1ccccc1.O=S(=O)(c1ccc(Cl)cc1)C(S)(Cl)Cl. The molecule has 0 fully saturated rings. The first-order chi connectivity index (χ1) is 9.64. The second-order valence-electron chi connectivity index (χ2n) is 4.10. The van der Waals surface area contributed by atoms with Crippen LogP contribution in [0, 0.1) is 6.92 Å². The fourth-order valence-corrected chi connectivity index (χ4v) is 3.04. The zero-order valence-corrected chi connectivity index (χ0v) is 15.0. The lowest BCUT2D eigenvalue weighted by Crippen LogP contribution is -2.19. The third-order valence-electron chi connectivity index (χ3n) is 2.39. The fourth-order valence-electron chi connectivity index (χ4n) is 1.29. The molecule has 0 spiro atoms. The second-order valence-corrected chi connectivity index (χ2v) is 9.90. The van der Waals surface area contributed by atoms with E-state index in [1.165, 1.54) is 29.8 Å². The fraction of sp³-hybridized carbons (Fsp3) is 0.143. The van der Waals surface area contributed by atoms with Gasteiger partial charge in [-0.15, -0.1) is 12.6 Å². The van der Waals surface area contributed by atoms with E-state index < -0.39 is 12.8 Å². The van der Waals surface area contributed by atoms with Crippen molar-refractivity contribution in [2.24, 2.45) is 0 Å². The summed E-state index contributed by atoms with van der Waals surface area (Å²) in [5.41, 5.74) is 1.32. The van der Waals surface area contributed by atoms with Gasteiger partial charge in [-0.25, -0.2) is 8.42 Å². The number of halogens is 3. The third kappa shape index (κ3) is 5.72. The predicted molar refractivity (Wildman–Crippen MR) is 93.2 cm³/mol. The summed E-state index contributed by atoms with van der Waals surface area (Å²) in [7, 11) is -3.86. The van der Waals surface area contributed by atoms with E-state index in [1.807, 2.05) is 18.2 Å². The average molecular weight is 384 g/mol. The molecular formula is C14H13Cl3O2S2. The van der Waals surface area contributed by atoms with Crippen molar-refractivity contribution in [2.45, 2.75) is 14.8 Å². The molecule has 0 saturated heterocycles. The van der Waals surface area contributed by atoms with Crippen molar-refractivity contribution in [2.75, 3.05) is 0 Å². The van der Waals surface area contributed by atoms with Crippen molar-refractivity contribution in [1.82, 2.24) is 0 Å². The van der Waals surface area contributed by atoms with Crippen molar-refractivity contribution in [3.05, 3.63) is 65.2 Å². The minimum absolute atomic E-state index is 0.0260. The Bertz CT molecular complexity index is 664. The Morgan fingerprint density at radius 2 is 1.43 bits per heavy atom. The molecule has 0 unspecified atom stereocenters. The summed E-state index contributed by atoms with van der Waals surface area (Å²) in [4.78, 5) is -0.0260. The highest BCUT2D eigenvalue weighted by molar-refractivity contribution is 8.10. The van der Waals surface area contributed by atoms with Gasteiger partial charge in [0.25, 0.3) is 3.00 Å². The number of rotatable bonds is 2. The van der Waals surface area contributed by atoms with Gasteiger partial charge in [0.15, 0.2) is 0 Å². The van der Waals surface area contributed by atoms with Gasteiger partial charge in [-0.3, -0.25) is 0 Å². The minimum atomic E-state index is -3.86. The van der Waals surface area contributed by atoms with Crippen LogP contribution in [0.25, 0.3) is 0 Å². The Morgan fingerprint density at radius 3 is 1.76 bits per heavy atom. The molecule has 114 valence electrons. The maximum Gasteiger partial charge on any atom is 0.266 e. The normalized spacial score (nSPS) is 11.5. The second kappa shape index (κ2) is 7.75. The Morgan fingerprint density at radius 1 is 0.952 bits per heavy atom. The van der Waals surface area contributed by atoms with Crippen LogP contribution in [-0.4, -0.2) is 11.4 Å². The largest absolute Gasteiger partial charge is 0.266 e. The lowest BCUT2D eigenvalue weighted by atomic mass is 10.2. The van der Waals surface area contributed by atoms with Crippen LogP contribution in [0.4, 0.5) is 0 Å². The Hall–Kier alpha value is -0.390. The lowest BCUT2D eigenvalue weighted by Gasteiger charge is -2.13. The quantitative estimate of drug-likeness (QED) is 0.576. The van der Waals surface area contributed by atoms with Gasteiger partial charge in [-0.05, 0) is 31.2 Å². The number of hydrogen-bond donors (Lipinski definition) is 1. The van der Waals surface area contributed by atoms with Gasteiger partial charge < -0.3 is 0 Å². The summed E-state index contributed by atoms with van der Waals surface area (Å²) >= 11 is 20.0. The van der Waals surface area contributed by atoms with Gasteiger partial charge in [-0.2, -0.15) is 0 Å². The first kappa shape index (κ1) is 18.7. The van der Waals surface area contributed by atoms with Gasteiger partial charge >= 0.3 is 0 Å². The van der Waals surface area contributed by atoms with Crippen LogP contribution in [0.5, 0.6) is 0 Å². The van der Waals surface area contributed by atoms with Crippen LogP contribution in [-0.2, 0) is 9.84 Å². The molecule has 0 radical (unpaired) electrons. The molecule has 2 rings (SSSR count). The number of hydrogen-bond acceptors (Lipinski definition) is 3. The van der Waals surface area contributed by atoms with Gasteiger partial charge in [0.05, 0.1) is 4.90 Å².